The van der Waals surface area contributed by atoms with Crippen molar-refractivity contribution in [2.75, 3.05) is 13.7 Å². The molecule has 2 aromatic carbocycles. The molecular weight excluding hydrogens is 262 g/mol. The van der Waals surface area contributed by atoms with Crippen LogP contribution in [0.15, 0.2) is 48.5 Å². The molecule has 0 aliphatic carbocycles. The molecule has 0 aromatic heterocycles. The van der Waals surface area contributed by atoms with Crippen LogP contribution in [0.5, 0.6) is 11.5 Å². The Balaban J connectivity index is 1.76. The zero-order chi connectivity index (χ0) is 15.1. The van der Waals surface area contributed by atoms with Crippen molar-refractivity contribution in [3.8, 4) is 11.5 Å². The third kappa shape index (κ3) is 4.80. The van der Waals surface area contributed by atoms with E-state index < -0.39 is 0 Å². The van der Waals surface area contributed by atoms with Gasteiger partial charge in [0.05, 0.1) is 7.11 Å². The third-order valence-corrected chi connectivity index (χ3v) is 3.34. The number of ether oxygens (including phenoxy) is 2. The lowest BCUT2D eigenvalue weighted by Gasteiger charge is -2.17. The van der Waals surface area contributed by atoms with Crippen molar-refractivity contribution < 1.29 is 9.47 Å². The van der Waals surface area contributed by atoms with Crippen molar-refractivity contribution in [1.29, 1.82) is 0 Å². The minimum atomic E-state index is 0.129. The Morgan fingerprint density at radius 2 is 1.76 bits per heavy atom. The van der Waals surface area contributed by atoms with E-state index >= 15 is 0 Å². The first-order chi connectivity index (χ1) is 10.2. The zero-order valence-corrected chi connectivity index (χ0v) is 12.9. The molecule has 0 heterocycles. The van der Waals surface area contributed by atoms with E-state index in [0.29, 0.717) is 0 Å². The number of nitrogens with one attached hydrogen (secondary N) is 1. The van der Waals surface area contributed by atoms with Crippen LogP contribution in [-0.4, -0.2) is 19.8 Å². The quantitative estimate of drug-likeness (QED) is 0.843. The summed E-state index contributed by atoms with van der Waals surface area (Å²) in [5.74, 6) is 1.84. The molecule has 2 rings (SSSR count). The van der Waals surface area contributed by atoms with E-state index in [2.05, 4.69) is 37.4 Å². The van der Waals surface area contributed by atoms with Crippen LogP contribution >= 0.6 is 0 Å². The molecule has 21 heavy (non-hydrogen) atoms. The minimum Gasteiger partial charge on any atom is -0.497 e. The smallest absolute Gasteiger partial charge is 0.122 e. The SMILES string of the molecule is COc1ccc(CNC[C@@H](C)Oc2ccccc2C)cc1. The molecule has 0 fully saturated rings. The van der Waals surface area contributed by atoms with Crippen LogP contribution in [0.2, 0.25) is 0 Å². The summed E-state index contributed by atoms with van der Waals surface area (Å²) in [4.78, 5) is 0. The van der Waals surface area contributed by atoms with Gasteiger partial charge < -0.3 is 14.8 Å². The molecule has 1 atom stereocenters. The Kier molecular flexibility index (Phi) is 5.64. The van der Waals surface area contributed by atoms with Gasteiger partial charge in [-0.15, -0.1) is 0 Å². The molecule has 2 aromatic rings. The highest BCUT2D eigenvalue weighted by molar-refractivity contribution is 5.32. The number of rotatable bonds is 7. The monoisotopic (exact) mass is 285 g/mol. The van der Waals surface area contributed by atoms with Crippen LogP contribution in [0.1, 0.15) is 18.1 Å². The molecule has 0 aliphatic rings. The van der Waals surface area contributed by atoms with Crippen LogP contribution in [0.3, 0.4) is 0 Å². The number of methoxy groups -OCH3 is 1. The van der Waals surface area contributed by atoms with E-state index in [-0.39, 0.29) is 6.10 Å². The predicted molar refractivity (Wildman–Crippen MR) is 86.0 cm³/mol. The van der Waals surface area contributed by atoms with Gasteiger partial charge in [0.2, 0.25) is 0 Å². The summed E-state index contributed by atoms with van der Waals surface area (Å²) in [5, 5.41) is 3.41. The topological polar surface area (TPSA) is 30.5 Å². The summed E-state index contributed by atoms with van der Waals surface area (Å²) >= 11 is 0. The number of benzene rings is 2. The largest absolute Gasteiger partial charge is 0.497 e. The molecule has 3 nitrogen and oxygen atoms in total. The third-order valence-electron chi connectivity index (χ3n) is 3.34. The van der Waals surface area contributed by atoms with Crippen LogP contribution in [0, 0.1) is 6.92 Å². The first-order valence-electron chi connectivity index (χ1n) is 7.25. The number of hydrogen-bond donors (Lipinski definition) is 1. The Morgan fingerprint density at radius 3 is 2.43 bits per heavy atom. The lowest BCUT2D eigenvalue weighted by Crippen LogP contribution is -2.28. The average Bonchev–Trinajstić information content (AvgIpc) is 2.50. The first kappa shape index (κ1) is 15.4. The highest BCUT2D eigenvalue weighted by atomic mass is 16.5. The van der Waals surface area contributed by atoms with Crippen molar-refractivity contribution in [3.05, 3.63) is 59.7 Å². The number of hydrogen-bond acceptors (Lipinski definition) is 3. The number of para-hydroxylation sites is 1. The Labute approximate surface area is 126 Å². The molecule has 0 unspecified atom stereocenters. The van der Waals surface area contributed by atoms with E-state index in [1.807, 2.05) is 30.3 Å². The average molecular weight is 285 g/mol. The molecule has 0 amide bonds. The van der Waals surface area contributed by atoms with Gasteiger partial charge in [-0.3, -0.25) is 0 Å². The van der Waals surface area contributed by atoms with Gasteiger partial charge in [0.15, 0.2) is 0 Å². The van der Waals surface area contributed by atoms with Crippen molar-refractivity contribution in [1.82, 2.24) is 5.32 Å². The molecule has 0 saturated carbocycles. The van der Waals surface area contributed by atoms with Crippen molar-refractivity contribution in [3.63, 3.8) is 0 Å². The zero-order valence-electron chi connectivity index (χ0n) is 12.9. The van der Waals surface area contributed by atoms with Crippen molar-refractivity contribution in [2.24, 2.45) is 0 Å². The summed E-state index contributed by atoms with van der Waals surface area (Å²) in [5.41, 5.74) is 2.40. The fourth-order valence-corrected chi connectivity index (χ4v) is 2.11. The normalized spacial score (nSPS) is 12.0. The van der Waals surface area contributed by atoms with Gasteiger partial charge in [-0.25, -0.2) is 0 Å². The van der Waals surface area contributed by atoms with Gasteiger partial charge in [-0.1, -0.05) is 30.3 Å². The van der Waals surface area contributed by atoms with Gasteiger partial charge in [0.1, 0.15) is 17.6 Å². The summed E-state index contributed by atoms with van der Waals surface area (Å²) in [7, 11) is 1.68. The molecule has 1 N–H and O–H groups in total. The molecule has 0 bridgehead atoms. The lowest BCUT2D eigenvalue weighted by molar-refractivity contribution is 0.215. The van der Waals surface area contributed by atoms with E-state index in [1.165, 1.54) is 11.1 Å². The fourth-order valence-electron chi connectivity index (χ4n) is 2.11. The Bertz CT molecular complexity index is 551. The van der Waals surface area contributed by atoms with Gasteiger partial charge >= 0.3 is 0 Å². The predicted octanol–water partition coefficient (Wildman–Crippen LogP) is 3.56. The molecule has 0 saturated heterocycles. The van der Waals surface area contributed by atoms with E-state index in [4.69, 9.17) is 9.47 Å². The maximum Gasteiger partial charge on any atom is 0.122 e. The first-order valence-corrected chi connectivity index (χ1v) is 7.25. The van der Waals surface area contributed by atoms with E-state index in [0.717, 1.165) is 24.6 Å². The van der Waals surface area contributed by atoms with E-state index in [9.17, 15) is 0 Å². The standard InChI is InChI=1S/C18H23NO2/c1-14-6-4-5-7-18(14)21-15(2)12-19-13-16-8-10-17(20-3)11-9-16/h4-11,15,19H,12-13H2,1-3H3/t15-/m1/s1. The number of aryl methyl sites for hydroxylation is 1. The molecular formula is C18H23NO2. The second kappa shape index (κ2) is 7.70. The molecule has 0 radical (unpaired) electrons. The fraction of sp³-hybridized carbons (Fsp3) is 0.333. The Hall–Kier alpha value is -2.00. The van der Waals surface area contributed by atoms with Crippen LogP contribution in [0.25, 0.3) is 0 Å². The molecule has 0 spiro atoms. The van der Waals surface area contributed by atoms with Gasteiger partial charge in [-0.2, -0.15) is 0 Å². The molecule has 112 valence electrons. The maximum absolute atomic E-state index is 5.94. The summed E-state index contributed by atoms with van der Waals surface area (Å²) in [6.45, 7) is 5.77. The summed E-state index contributed by atoms with van der Waals surface area (Å²) in [6, 6.07) is 16.2. The van der Waals surface area contributed by atoms with Gasteiger partial charge in [-0.05, 0) is 43.2 Å². The highest BCUT2D eigenvalue weighted by Gasteiger charge is 2.05. The van der Waals surface area contributed by atoms with Gasteiger partial charge in [0.25, 0.3) is 0 Å². The minimum absolute atomic E-state index is 0.129. The van der Waals surface area contributed by atoms with Crippen LogP contribution < -0.4 is 14.8 Å². The van der Waals surface area contributed by atoms with Crippen LogP contribution in [-0.2, 0) is 6.54 Å². The molecule has 3 heteroatoms. The van der Waals surface area contributed by atoms with Crippen molar-refractivity contribution in [2.45, 2.75) is 26.5 Å². The molecule has 0 aliphatic heterocycles. The lowest BCUT2D eigenvalue weighted by atomic mass is 10.2. The maximum atomic E-state index is 5.94. The Morgan fingerprint density at radius 1 is 1.05 bits per heavy atom. The van der Waals surface area contributed by atoms with Gasteiger partial charge in [0, 0.05) is 13.1 Å². The van der Waals surface area contributed by atoms with E-state index in [1.54, 1.807) is 7.11 Å². The highest BCUT2D eigenvalue weighted by Crippen LogP contribution is 2.17. The summed E-state index contributed by atoms with van der Waals surface area (Å²) in [6.07, 6.45) is 0.129. The second-order valence-corrected chi connectivity index (χ2v) is 5.17. The van der Waals surface area contributed by atoms with Crippen molar-refractivity contribution >= 4 is 0 Å². The van der Waals surface area contributed by atoms with Crippen LogP contribution in [0.4, 0.5) is 0 Å². The second-order valence-electron chi connectivity index (χ2n) is 5.17. The summed E-state index contributed by atoms with van der Waals surface area (Å²) < 4.78 is 11.1.